The molecule has 0 radical (unpaired) electrons. The van der Waals surface area contributed by atoms with Crippen molar-refractivity contribution in [2.45, 2.75) is 13.3 Å². The third-order valence-electron chi connectivity index (χ3n) is 5.00. The Morgan fingerprint density at radius 2 is 1.77 bits per heavy atom. The lowest BCUT2D eigenvalue weighted by molar-refractivity contribution is -0.129. The normalized spacial score (nSPS) is 16.6. The summed E-state index contributed by atoms with van der Waals surface area (Å²) >= 11 is 0. The van der Waals surface area contributed by atoms with Gasteiger partial charge in [-0.25, -0.2) is 9.97 Å². The van der Waals surface area contributed by atoms with E-state index in [1.807, 2.05) is 28.0 Å². The number of amides is 2. The first-order valence-electron chi connectivity index (χ1n) is 8.87. The largest absolute Gasteiger partial charge is 0.339 e. The van der Waals surface area contributed by atoms with E-state index < -0.39 is 0 Å². The highest BCUT2D eigenvalue weighted by molar-refractivity contribution is 6.06. The van der Waals surface area contributed by atoms with Crippen molar-refractivity contribution in [2.75, 3.05) is 42.5 Å². The van der Waals surface area contributed by atoms with E-state index in [0.29, 0.717) is 44.4 Å². The van der Waals surface area contributed by atoms with Crippen molar-refractivity contribution in [1.82, 2.24) is 14.9 Å². The number of fused-ring (bicyclic) bond motifs is 1. The van der Waals surface area contributed by atoms with Gasteiger partial charge in [-0.05, 0) is 24.1 Å². The van der Waals surface area contributed by atoms with Gasteiger partial charge in [0.1, 0.15) is 5.69 Å². The Kier molecular flexibility index (Phi) is 4.28. The third-order valence-corrected chi connectivity index (χ3v) is 5.00. The highest BCUT2D eigenvalue weighted by atomic mass is 16.2. The highest BCUT2D eigenvalue weighted by Crippen LogP contribution is 2.28. The molecular formula is C19H21N5O2. The molecule has 3 heterocycles. The van der Waals surface area contributed by atoms with Crippen molar-refractivity contribution in [3.63, 3.8) is 0 Å². The van der Waals surface area contributed by atoms with E-state index in [4.69, 9.17) is 0 Å². The van der Waals surface area contributed by atoms with Gasteiger partial charge in [0.2, 0.25) is 11.9 Å². The topological polar surface area (TPSA) is 69.6 Å². The summed E-state index contributed by atoms with van der Waals surface area (Å²) in [7, 11) is 0. The molecule has 2 amide bonds. The van der Waals surface area contributed by atoms with Gasteiger partial charge in [-0.3, -0.25) is 9.59 Å². The zero-order valence-electron chi connectivity index (χ0n) is 14.8. The second-order valence-electron chi connectivity index (χ2n) is 6.57. The molecule has 2 aromatic rings. The van der Waals surface area contributed by atoms with Crippen LogP contribution in [0.2, 0.25) is 0 Å². The Balaban J connectivity index is 1.52. The van der Waals surface area contributed by atoms with Crippen LogP contribution >= 0.6 is 0 Å². The van der Waals surface area contributed by atoms with E-state index in [1.165, 1.54) is 5.56 Å². The number of para-hydroxylation sites is 1. The van der Waals surface area contributed by atoms with Crippen molar-refractivity contribution < 1.29 is 9.59 Å². The van der Waals surface area contributed by atoms with E-state index >= 15 is 0 Å². The molecule has 0 N–H and O–H groups in total. The van der Waals surface area contributed by atoms with E-state index in [1.54, 1.807) is 24.1 Å². The number of anilines is 2. The Morgan fingerprint density at radius 3 is 2.54 bits per heavy atom. The van der Waals surface area contributed by atoms with Crippen LogP contribution in [-0.4, -0.2) is 59.4 Å². The summed E-state index contributed by atoms with van der Waals surface area (Å²) in [6.07, 6.45) is 2.50. The van der Waals surface area contributed by atoms with Crippen molar-refractivity contribution in [3.8, 4) is 0 Å². The summed E-state index contributed by atoms with van der Waals surface area (Å²) in [5.41, 5.74) is 2.56. The predicted molar refractivity (Wildman–Crippen MR) is 98.3 cm³/mol. The van der Waals surface area contributed by atoms with Gasteiger partial charge in [0, 0.05) is 51.5 Å². The molecule has 2 aliphatic heterocycles. The molecule has 1 fully saturated rings. The van der Waals surface area contributed by atoms with Gasteiger partial charge < -0.3 is 14.7 Å². The molecule has 1 saturated heterocycles. The second kappa shape index (κ2) is 6.74. The third kappa shape index (κ3) is 3.00. The van der Waals surface area contributed by atoms with Crippen LogP contribution in [0.3, 0.4) is 0 Å². The first-order chi connectivity index (χ1) is 12.6. The van der Waals surface area contributed by atoms with Crippen LogP contribution in [-0.2, 0) is 11.2 Å². The van der Waals surface area contributed by atoms with Crippen LogP contribution in [0.5, 0.6) is 0 Å². The van der Waals surface area contributed by atoms with Crippen molar-refractivity contribution >= 4 is 23.5 Å². The molecule has 7 heteroatoms. The fourth-order valence-corrected chi connectivity index (χ4v) is 3.53. The summed E-state index contributed by atoms with van der Waals surface area (Å²) < 4.78 is 0. The quantitative estimate of drug-likeness (QED) is 0.817. The number of hydrogen-bond donors (Lipinski definition) is 0. The van der Waals surface area contributed by atoms with Gasteiger partial charge in [-0.1, -0.05) is 18.2 Å². The van der Waals surface area contributed by atoms with E-state index in [-0.39, 0.29) is 11.8 Å². The van der Waals surface area contributed by atoms with Gasteiger partial charge in [0.05, 0.1) is 0 Å². The van der Waals surface area contributed by atoms with Crippen LogP contribution in [0.4, 0.5) is 11.6 Å². The summed E-state index contributed by atoms with van der Waals surface area (Å²) in [6, 6.07) is 9.64. The molecule has 0 spiro atoms. The molecular weight excluding hydrogens is 330 g/mol. The summed E-state index contributed by atoms with van der Waals surface area (Å²) in [5.74, 6) is 0.537. The monoisotopic (exact) mass is 351 g/mol. The minimum Gasteiger partial charge on any atom is -0.339 e. The molecule has 0 aliphatic carbocycles. The number of carbonyl (C=O) groups is 2. The molecule has 4 rings (SSSR count). The summed E-state index contributed by atoms with van der Waals surface area (Å²) in [6.45, 7) is 4.90. The Morgan fingerprint density at radius 1 is 1.00 bits per heavy atom. The highest BCUT2D eigenvalue weighted by Gasteiger charge is 2.27. The first-order valence-corrected chi connectivity index (χ1v) is 8.87. The maximum atomic E-state index is 13.0. The Hall–Kier alpha value is -2.96. The Labute approximate surface area is 152 Å². The van der Waals surface area contributed by atoms with Gasteiger partial charge in [-0.2, -0.15) is 0 Å². The van der Waals surface area contributed by atoms with Crippen LogP contribution in [0.15, 0.2) is 36.5 Å². The fraction of sp³-hybridized carbons (Fsp3) is 0.368. The zero-order valence-corrected chi connectivity index (χ0v) is 14.8. The Bertz CT molecular complexity index is 845. The maximum Gasteiger partial charge on any atom is 0.277 e. The number of rotatable bonds is 2. The van der Waals surface area contributed by atoms with Crippen LogP contribution in [0.25, 0.3) is 0 Å². The van der Waals surface area contributed by atoms with Crippen molar-refractivity contribution in [2.24, 2.45) is 0 Å². The predicted octanol–water partition coefficient (Wildman–Crippen LogP) is 1.35. The molecule has 0 atom stereocenters. The van der Waals surface area contributed by atoms with E-state index in [2.05, 4.69) is 16.0 Å². The average Bonchev–Trinajstić information content (AvgIpc) is 3.12. The summed E-state index contributed by atoms with van der Waals surface area (Å²) in [5, 5.41) is 0. The SMILES string of the molecule is CC(=O)N1CCN(c2nccc(C(=O)N3CCc4ccccc43)n2)CC1. The van der Waals surface area contributed by atoms with Gasteiger partial charge in [0.15, 0.2) is 0 Å². The lowest BCUT2D eigenvalue weighted by Gasteiger charge is -2.34. The molecule has 7 nitrogen and oxygen atoms in total. The lowest BCUT2D eigenvalue weighted by Crippen LogP contribution is -2.48. The van der Waals surface area contributed by atoms with Gasteiger partial charge in [-0.15, -0.1) is 0 Å². The smallest absolute Gasteiger partial charge is 0.277 e. The standard InChI is InChI=1S/C19H21N5O2/c1-14(25)22-10-12-23(13-11-22)19-20-8-6-16(21-19)18(26)24-9-7-15-4-2-3-5-17(15)24/h2-6,8H,7,9-13H2,1H3. The first kappa shape index (κ1) is 16.5. The molecule has 134 valence electrons. The number of hydrogen-bond acceptors (Lipinski definition) is 5. The number of carbonyl (C=O) groups excluding carboxylic acids is 2. The molecule has 0 unspecified atom stereocenters. The molecule has 26 heavy (non-hydrogen) atoms. The number of aromatic nitrogens is 2. The minimum atomic E-state index is -0.0963. The van der Waals surface area contributed by atoms with Crippen LogP contribution in [0.1, 0.15) is 23.0 Å². The van der Waals surface area contributed by atoms with E-state index in [9.17, 15) is 9.59 Å². The minimum absolute atomic E-state index is 0.0854. The number of nitrogens with zero attached hydrogens (tertiary/aromatic N) is 5. The van der Waals surface area contributed by atoms with Crippen molar-refractivity contribution in [3.05, 3.63) is 47.8 Å². The molecule has 0 saturated carbocycles. The molecule has 2 aliphatic rings. The number of benzene rings is 1. The molecule has 0 bridgehead atoms. The number of piperazine rings is 1. The lowest BCUT2D eigenvalue weighted by atomic mass is 10.2. The van der Waals surface area contributed by atoms with Crippen LogP contribution < -0.4 is 9.80 Å². The molecule has 1 aromatic heterocycles. The van der Waals surface area contributed by atoms with Gasteiger partial charge in [0.25, 0.3) is 5.91 Å². The second-order valence-corrected chi connectivity index (χ2v) is 6.57. The van der Waals surface area contributed by atoms with Gasteiger partial charge >= 0.3 is 0 Å². The fourth-order valence-electron chi connectivity index (χ4n) is 3.53. The van der Waals surface area contributed by atoms with Crippen LogP contribution in [0, 0.1) is 0 Å². The van der Waals surface area contributed by atoms with Crippen molar-refractivity contribution in [1.29, 1.82) is 0 Å². The average molecular weight is 351 g/mol. The summed E-state index contributed by atoms with van der Waals surface area (Å²) in [4.78, 5) is 38.9. The maximum absolute atomic E-state index is 13.0. The zero-order chi connectivity index (χ0) is 18.1. The van der Waals surface area contributed by atoms with E-state index in [0.717, 1.165) is 12.1 Å². The molecule has 1 aromatic carbocycles.